The third-order valence-electron chi connectivity index (χ3n) is 4.59. The van der Waals surface area contributed by atoms with Crippen LogP contribution in [0, 0.1) is 18.3 Å². The first-order valence-electron chi connectivity index (χ1n) is 7.21. The van der Waals surface area contributed by atoms with Crippen LogP contribution in [0.5, 0.6) is 0 Å². The Kier molecular flexibility index (Phi) is 3.94. The summed E-state index contributed by atoms with van der Waals surface area (Å²) >= 11 is 0. The van der Waals surface area contributed by atoms with Crippen molar-refractivity contribution in [2.45, 2.75) is 53.4 Å². The Morgan fingerprint density at radius 3 is 2.39 bits per heavy atom. The summed E-state index contributed by atoms with van der Waals surface area (Å²) in [5.74, 6) is 0.757. The summed E-state index contributed by atoms with van der Waals surface area (Å²) in [6.45, 7) is 9.34. The molecule has 0 N–H and O–H groups in total. The van der Waals surface area contributed by atoms with E-state index in [4.69, 9.17) is 0 Å². The quantitative estimate of drug-likeness (QED) is 0.630. The second kappa shape index (κ2) is 5.30. The monoisotopic (exact) mass is 242 g/mol. The average Bonchev–Trinajstić information content (AvgIpc) is 2.30. The molecule has 0 bridgehead atoms. The Balaban J connectivity index is 2.02. The number of hydrogen-bond donors (Lipinski definition) is 0. The first-order chi connectivity index (χ1) is 8.49. The molecule has 0 heterocycles. The van der Waals surface area contributed by atoms with Crippen LogP contribution in [0.1, 0.15) is 51.2 Å². The Hall–Kier alpha value is -1.04. The van der Waals surface area contributed by atoms with Crippen LogP contribution < -0.4 is 0 Å². The van der Waals surface area contributed by atoms with Crippen molar-refractivity contribution in [1.82, 2.24) is 0 Å². The highest BCUT2D eigenvalue weighted by molar-refractivity contribution is 5.22. The van der Waals surface area contributed by atoms with Crippen LogP contribution in [0.15, 0.2) is 35.9 Å². The molecule has 0 saturated heterocycles. The van der Waals surface area contributed by atoms with Crippen molar-refractivity contribution in [2.24, 2.45) is 11.3 Å². The maximum Gasteiger partial charge on any atom is -0.0151 e. The van der Waals surface area contributed by atoms with Crippen molar-refractivity contribution in [2.75, 3.05) is 0 Å². The lowest BCUT2D eigenvalue weighted by Gasteiger charge is -2.38. The molecule has 0 radical (unpaired) electrons. The number of allylic oxidation sites excluding steroid dienone is 2. The average molecular weight is 242 g/mol. The van der Waals surface area contributed by atoms with Gasteiger partial charge in [0.2, 0.25) is 0 Å². The Labute approximate surface area is 112 Å². The Morgan fingerprint density at radius 1 is 1.11 bits per heavy atom. The zero-order valence-electron chi connectivity index (χ0n) is 12.3. The predicted molar refractivity (Wildman–Crippen MR) is 79.8 cm³/mol. The van der Waals surface area contributed by atoms with E-state index < -0.39 is 0 Å². The van der Waals surface area contributed by atoms with Crippen LogP contribution in [-0.2, 0) is 6.42 Å². The van der Waals surface area contributed by atoms with Crippen LogP contribution in [0.3, 0.4) is 0 Å². The standard InChI is InChI=1S/C18H26/c1-14-7-9-16(10-8-14)11-12-17-15(2)6-5-13-18(17,3)4/h6-10,17H,5,11-13H2,1-4H3/t17-/m0/s1. The van der Waals surface area contributed by atoms with Crippen LogP contribution in [0.2, 0.25) is 0 Å². The molecule has 18 heavy (non-hydrogen) atoms. The lowest BCUT2D eigenvalue weighted by Crippen LogP contribution is -2.28. The fraction of sp³-hybridized carbons (Fsp3) is 0.556. The van der Waals surface area contributed by atoms with Gasteiger partial charge in [-0.15, -0.1) is 0 Å². The molecule has 0 aliphatic heterocycles. The van der Waals surface area contributed by atoms with E-state index in [1.807, 2.05) is 0 Å². The first-order valence-corrected chi connectivity index (χ1v) is 7.21. The van der Waals surface area contributed by atoms with Crippen molar-refractivity contribution in [3.63, 3.8) is 0 Å². The number of rotatable bonds is 3. The van der Waals surface area contributed by atoms with Crippen LogP contribution in [0.25, 0.3) is 0 Å². The van der Waals surface area contributed by atoms with Gasteiger partial charge in [-0.1, -0.05) is 55.3 Å². The molecule has 1 aromatic carbocycles. The van der Waals surface area contributed by atoms with Gasteiger partial charge in [-0.2, -0.15) is 0 Å². The second-order valence-corrected chi connectivity index (χ2v) is 6.55. The smallest absolute Gasteiger partial charge is 0.0151 e. The lowest BCUT2D eigenvalue weighted by atomic mass is 9.67. The predicted octanol–water partition coefficient (Wildman–Crippen LogP) is 5.31. The first kappa shape index (κ1) is 13.4. The molecule has 0 spiro atoms. The molecule has 0 amide bonds. The molecule has 1 aliphatic carbocycles. The molecule has 0 heteroatoms. The van der Waals surface area contributed by atoms with Crippen LogP contribution in [-0.4, -0.2) is 0 Å². The summed E-state index contributed by atoms with van der Waals surface area (Å²) in [6, 6.07) is 9.02. The maximum atomic E-state index is 2.45. The normalized spacial score (nSPS) is 22.7. The summed E-state index contributed by atoms with van der Waals surface area (Å²) in [5, 5.41) is 0. The Morgan fingerprint density at radius 2 is 1.78 bits per heavy atom. The molecular weight excluding hydrogens is 216 g/mol. The minimum Gasteiger partial charge on any atom is -0.0853 e. The molecule has 2 rings (SSSR count). The molecule has 0 fully saturated rings. The summed E-state index contributed by atoms with van der Waals surface area (Å²) in [4.78, 5) is 0. The van der Waals surface area contributed by atoms with Gasteiger partial charge in [0.1, 0.15) is 0 Å². The molecule has 1 atom stereocenters. The number of hydrogen-bond acceptors (Lipinski definition) is 0. The van der Waals surface area contributed by atoms with E-state index >= 15 is 0 Å². The van der Waals surface area contributed by atoms with Crippen molar-refractivity contribution < 1.29 is 0 Å². The zero-order valence-corrected chi connectivity index (χ0v) is 12.3. The van der Waals surface area contributed by atoms with Crippen molar-refractivity contribution in [1.29, 1.82) is 0 Å². The van der Waals surface area contributed by atoms with E-state index in [0.717, 1.165) is 5.92 Å². The van der Waals surface area contributed by atoms with E-state index in [9.17, 15) is 0 Å². The fourth-order valence-corrected chi connectivity index (χ4v) is 3.29. The number of benzene rings is 1. The van der Waals surface area contributed by atoms with Gasteiger partial charge >= 0.3 is 0 Å². The third-order valence-corrected chi connectivity index (χ3v) is 4.59. The van der Waals surface area contributed by atoms with Gasteiger partial charge in [-0.3, -0.25) is 0 Å². The van der Waals surface area contributed by atoms with Crippen molar-refractivity contribution >= 4 is 0 Å². The van der Waals surface area contributed by atoms with Gasteiger partial charge in [-0.05, 0) is 56.4 Å². The van der Waals surface area contributed by atoms with E-state index in [1.54, 1.807) is 5.57 Å². The molecule has 1 aliphatic rings. The summed E-state index contributed by atoms with van der Waals surface area (Å²) in [6.07, 6.45) is 7.55. The molecular formula is C18H26. The summed E-state index contributed by atoms with van der Waals surface area (Å²) in [7, 11) is 0. The van der Waals surface area contributed by atoms with Crippen molar-refractivity contribution in [3.8, 4) is 0 Å². The summed E-state index contributed by atoms with van der Waals surface area (Å²) < 4.78 is 0. The fourth-order valence-electron chi connectivity index (χ4n) is 3.29. The van der Waals surface area contributed by atoms with E-state index in [-0.39, 0.29) is 0 Å². The molecule has 1 aromatic rings. The highest BCUT2D eigenvalue weighted by atomic mass is 14.4. The van der Waals surface area contributed by atoms with E-state index in [1.165, 1.54) is 36.8 Å². The minimum absolute atomic E-state index is 0.476. The molecule has 0 saturated carbocycles. The minimum atomic E-state index is 0.476. The molecule has 0 nitrogen and oxygen atoms in total. The SMILES string of the molecule is CC1=CCCC(C)(C)[C@H]1CCc1ccc(C)cc1. The van der Waals surface area contributed by atoms with Crippen LogP contribution in [0.4, 0.5) is 0 Å². The molecule has 0 unspecified atom stereocenters. The lowest BCUT2D eigenvalue weighted by molar-refractivity contribution is 0.204. The third kappa shape index (κ3) is 3.04. The molecule has 0 aromatic heterocycles. The van der Waals surface area contributed by atoms with E-state index in [2.05, 4.69) is 58.0 Å². The van der Waals surface area contributed by atoms with Gasteiger partial charge in [0.25, 0.3) is 0 Å². The summed E-state index contributed by atoms with van der Waals surface area (Å²) in [5.41, 5.74) is 4.92. The number of aryl methyl sites for hydroxylation is 2. The topological polar surface area (TPSA) is 0 Å². The molecule has 98 valence electrons. The van der Waals surface area contributed by atoms with Gasteiger partial charge in [0.15, 0.2) is 0 Å². The maximum absolute atomic E-state index is 2.45. The second-order valence-electron chi connectivity index (χ2n) is 6.55. The van der Waals surface area contributed by atoms with Crippen molar-refractivity contribution in [3.05, 3.63) is 47.0 Å². The zero-order chi connectivity index (χ0) is 13.2. The Bertz CT molecular complexity index is 420. The van der Waals surface area contributed by atoms with Gasteiger partial charge in [-0.25, -0.2) is 0 Å². The largest absolute Gasteiger partial charge is 0.0853 e. The van der Waals surface area contributed by atoms with Crippen LogP contribution >= 0.6 is 0 Å². The van der Waals surface area contributed by atoms with Gasteiger partial charge in [0, 0.05) is 0 Å². The highest BCUT2D eigenvalue weighted by Crippen LogP contribution is 2.43. The van der Waals surface area contributed by atoms with Gasteiger partial charge < -0.3 is 0 Å². The van der Waals surface area contributed by atoms with Gasteiger partial charge in [0.05, 0.1) is 0 Å². The highest BCUT2D eigenvalue weighted by Gasteiger charge is 2.32. The van der Waals surface area contributed by atoms with E-state index in [0.29, 0.717) is 5.41 Å².